The number of carbonyl (C=O) groups excluding carboxylic acids is 1. The van der Waals surface area contributed by atoms with Gasteiger partial charge in [0, 0.05) is 0 Å². The Morgan fingerprint density at radius 2 is 1.75 bits per heavy atom. The van der Waals surface area contributed by atoms with Crippen molar-refractivity contribution in [3.05, 3.63) is 35.9 Å². The number of rotatable bonds is 4. The third-order valence-corrected chi connectivity index (χ3v) is 1.86. The zero-order valence-corrected chi connectivity index (χ0v) is 8.06. The van der Waals surface area contributed by atoms with Gasteiger partial charge in [0.05, 0.1) is 0 Å². The summed E-state index contributed by atoms with van der Waals surface area (Å²) in [5.41, 5.74) is 0.240. The van der Waals surface area contributed by atoms with E-state index in [2.05, 4.69) is 0 Å². The molecule has 0 spiro atoms. The van der Waals surface area contributed by atoms with Gasteiger partial charge >= 0.3 is 12.4 Å². The molecule has 0 bridgehead atoms. The lowest BCUT2D eigenvalue weighted by atomic mass is 10.1. The van der Waals surface area contributed by atoms with Gasteiger partial charge in [0.1, 0.15) is 0 Å². The van der Waals surface area contributed by atoms with Gasteiger partial charge in [0.15, 0.2) is 6.04 Å². The molecule has 0 aromatic heterocycles. The zero-order chi connectivity index (χ0) is 12.1. The van der Waals surface area contributed by atoms with E-state index in [1.165, 1.54) is 12.1 Å². The molecule has 1 atom stereocenters. The lowest BCUT2D eigenvalue weighted by Crippen LogP contribution is -2.37. The molecule has 86 valence electrons. The lowest BCUT2D eigenvalue weighted by molar-refractivity contribution is -0.144. The molecule has 2 N–H and O–H groups in total. The minimum atomic E-state index is -3.23. The van der Waals surface area contributed by atoms with E-state index in [4.69, 9.17) is 5.11 Å². The van der Waals surface area contributed by atoms with Crippen molar-refractivity contribution in [2.45, 2.75) is 12.5 Å². The maximum atomic E-state index is 12.0. The normalized spacial score (nSPS) is 12.2. The standard InChI is InChI=1S/C10H9F2NO3/c11-8(12)9(14)13-7(10(15)16)6-4-2-1-3-5-6/h1-5,7-8H,(H,13,14)(H,15,16)/t7-/m1/s1. The second-order valence-electron chi connectivity index (χ2n) is 2.99. The van der Waals surface area contributed by atoms with Crippen LogP contribution in [0.2, 0.25) is 0 Å². The van der Waals surface area contributed by atoms with Crippen molar-refractivity contribution in [1.82, 2.24) is 5.32 Å². The second-order valence-corrected chi connectivity index (χ2v) is 2.99. The highest BCUT2D eigenvalue weighted by molar-refractivity contribution is 5.86. The van der Waals surface area contributed by atoms with E-state index in [-0.39, 0.29) is 5.56 Å². The van der Waals surface area contributed by atoms with Crippen molar-refractivity contribution in [3.63, 3.8) is 0 Å². The van der Waals surface area contributed by atoms with Crippen LogP contribution >= 0.6 is 0 Å². The monoisotopic (exact) mass is 229 g/mol. The number of carboxylic acid groups (broad SMARTS) is 1. The van der Waals surface area contributed by atoms with Gasteiger partial charge in [-0.2, -0.15) is 8.78 Å². The summed E-state index contributed by atoms with van der Waals surface area (Å²) < 4.78 is 23.9. The van der Waals surface area contributed by atoms with Crippen LogP contribution in [0.3, 0.4) is 0 Å². The number of hydrogen-bond donors (Lipinski definition) is 2. The van der Waals surface area contributed by atoms with Crippen LogP contribution in [0.25, 0.3) is 0 Å². The summed E-state index contributed by atoms with van der Waals surface area (Å²) in [6.45, 7) is 0. The Morgan fingerprint density at radius 3 is 2.19 bits per heavy atom. The molecule has 1 aromatic rings. The lowest BCUT2D eigenvalue weighted by Gasteiger charge is -2.14. The molecule has 0 aliphatic heterocycles. The number of alkyl halides is 2. The molecule has 4 nitrogen and oxygen atoms in total. The quantitative estimate of drug-likeness (QED) is 0.815. The number of amides is 1. The fraction of sp³-hybridized carbons (Fsp3) is 0.200. The largest absolute Gasteiger partial charge is 0.479 e. The molecule has 0 saturated heterocycles. The predicted octanol–water partition coefficient (Wildman–Crippen LogP) is 1.19. The van der Waals surface area contributed by atoms with Crippen LogP contribution in [0, 0.1) is 0 Å². The zero-order valence-electron chi connectivity index (χ0n) is 8.06. The molecule has 6 heteroatoms. The van der Waals surface area contributed by atoms with E-state index in [0.717, 1.165) is 0 Å². The first kappa shape index (κ1) is 12.1. The van der Waals surface area contributed by atoms with Crippen LogP contribution in [0.1, 0.15) is 11.6 Å². The van der Waals surface area contributed by atoms with Crippen LogP contribution < -0.4 is 5.32 Å². The number of carboxylic acids is 1. The summed E-state index contributed by atoms with van der Waals surface area (Å²) in [5, 5.41) is 10.5. The molecule has 0 fully saturated rings. The summed E-state index contributed by atoms with van der Waals surface area (Å²) in [5.74, 6) is -2.99. The minimum Gasteiger partial charge on any atom is -0.479 e. The molecule has 1 rings (SSSR count). The van der Waals surface area contributed by atoms with Crippen LogP contribution in [-0.2, 0) is 9.59 Å². The van der Waals surface area contributed by atoms with Gasteiger partial charge < -0.3 is 10.4 Å². The highest BCUT2D eigenvalue weighted by Crippen LogP contribution is 2.13. The number of nitrogens with one attached hydrogen (secondary N) is 1. The molecule has 1 amide bonds. The molecule has 16 heavy (non-hydrogen) atoms. The maximum absolute atomic E-state index is 12.0. The van der Waals surface area contributed by atoms with Crippen molar-refractivity contribution in [2.75, 3.05) is 0 Å². The first-order chi connectivity index (χ1) is 7.52. The van der Waals surface area contributed by atoms with Crippen LogP contribution in [0.5, 0.6) is 0 Å². The smallest absolute Gasteiger partial charge is 0.330 e. The number of carbonyl (C=O) groups is 2. The predicted molar refractivity (Wildman–Crippen MR) is 51.0 cm³/mol. The number of halogens is 2. The Bertz CT molecular complexity index is 381. The first-order valence-corrected chi connectivity index (χ1v) is 4.38. The summed E-state index contributed by atoms with van der Waals surface area (Å²) in [7, 11) is 0. The Balaban J connectivity index is 2.85. The van der Waals surface area contributed by atoms with Gasteiger partial charge in [0.25, 0.3) is 5.91 Å². The molecule has 0 aliphatic carbocycles. The van der Waals surface area contributed by atoms with Crippen LogP contribution in [0.4, 0.5) is 8.78 Å². The summed E-state index contributed by atoms with van der Waals surface area (Å²) in [6, 6.07) is 6.18. The topological polar surface area (TPSA) is 66.4 Å². The van der Waals surface area contributed by atoms with Gasteiger partial charge in [-0.25, -0.2) is 4.79 Å². The number of aliphatic carboxylic acids is 1. The Morgan fingerprint density at radius 1 is 1.19 bits per heavy atom. The number of hydrogen-bond acceptors (Lipinski definition) is 2. The summed E-state index contributed by atoms with van der Waals surface area (Å²) in [4.78, 5) is 21.5. The Hall–Kier alpha value is -1.98. The van der Waals surface area contributed by atoms with E-state index in [0.29, 0.717) is 0 Å². The minimum absolute atomic E-state index is 0.240. The maximum Gasteiger partial charge on any atom is 0.330 e. The van der Waals surface area contributed by atoms with Gasteiger partial charge in [0.2, 0.25) is 0 Å². The van der Waals surface area contributed by atoms with E-state index >= 15 is 0 Å². The van der Waals surface area contributed by atoms with Crippen LogP contribution in [0.15, 0.2) is 30.3 Å². The van der Waals surface area contributed by atoms with Crippen molar-refractivity contribution in [1.29, 1.82) is 0 Å². The molecule has 0 radical (unpaired) electrons. The molecule has 1 aromatic carbocycles. The fourth-order valence-electron chi connectivity index (χ4n) is 1.14. The van der Waals surface area contributed by atoms with Gasteiger partial charge in [-0.05, 0) is 5.56 Å². The van der Waals surface area contributed by atoms with Crippen molar-refractivity contribution >= 4 is 11.9 Å². The van der Waals surface area contributed by atoms with E-state index in [1.807, 2.05) is 0 Å². The van der Waals surface area contributed by atoms with E-state index in [9.17, 15) is 18.4 Å². The average molecular weight is 229 g/mol. The molecule has 0 aliphatic rings. The molecular formula is C10H9F2NO3. The van der Waals surface area contributed by atoms with Crippen molar-refractivity contribution < 1.29 is 23.5 Å². The molecule has 0 heterocycles. The Kier molecular flexibility index (Phi) is 3.93. The second kappa shape index (κ2) is 5.20. The summed E-state index contributed by atoms with van der Waals surface area (Å²) >= 11 is 0. The van der Waals surface area contributed by atoms with Crippen molar-refractivity contribution in [3.8, 4) is 0 Å². The molecule has 0 saturated carbocycles. The highest BCUT2D eigenvalue weighted by atomic mass is 19.3. The van der Waals surface area contributed by atoms with E-state index < -0.39 is 24.3 Å². The van der Waals surface area contributed by atoms with E-state index in [1.54, 1.807) is 23.5 Å². The van der Waals surface area contributed by atoms with Crippen LogP contribution in [-0.4, -0.2) is 23.4 Å². The third kappa shape index (κ3) is 3.01. The fourth-order valence-corrected chi connectivity index (χ4v) is 1.14. The SMILES string of the molecule is O=C(N[C@@H](C(=O)O)c1ccccc1)C(F)F. The first-order valence-electron chi connectivity index (χ1n) is 4.38. The Labute approximate surface area is 89.9 Å². The average Bonchev–Trinajstić information content (AvgIpc) is 2.26. The molecular weight excluding hydrogens is 220 g/mol. The van der Waals surface area contributed by atoms with Gasteiger partial charge in [-0.3, -0.25) is 4.79 Å². The summed E-state index contributed by atoms with van der Waals surface area (Å²) in [6.07, 6.45) is -3.23. The number of benzene rings is 1. The van der Waals surface area contributed by atoms with Crippen molar-refractivity contribution in [2.24, 2.45) is 0 Å². The third-order valence-electron chi connectivity index (χ3n) is 1.86. The molecule has 0 unspecified atom stereocenters. The van der Waals surface area contributed by atoms with Gasteiger partial charge in [-0.1, -0.05) is 30.3 Å². The highest BCUT2D eigenvalue weighted by Gasteiger charge is 2.25. The van der Waals surface area contributed by atoms with Gasteiger partial charge in [-0.15, -0.1) is 0 Å².